The monoisotopic (exact) mass is 353 g/mol. The molecule has 0 radical (unpaired) electrons. The summed E-state index contributed by atoms with van der Waals surface area (Å²) in [5.74, 6) is 1.44. The van der Waals surface area contributed by atoms with Crippen molar-refractivity contribution in [3.63, 3.8) is 0 Å². The van der Waals surface area contributed by atoms with Crippen molar-refractivity contribution in [3.05, 3.63) is 41.6 Å². The molecular formula is C20H23N3O3. The van der Waals surface area contributed by atoms with Crippen molar-refractivity contribution in [1.82, 2.24) is 15.0 Å². The first-order chi connectivity index (χ1) is 12.3. The fourth-order valence-corrected chi connectivity index (χ4v) is 2.53. The number of carbonyl (C=O) groups is 1. The van der Waals surface area contributed by atoms with Crippen molar-refractivity contribution in [1.29, 1.82) is 0 Å². The van der Waals surface area contributed by atoms with Gasteiger partial charge in [0.25, 0.3) is 0 Å². The number of hydrogen-bond donors (Lipinski definition) is 0. The van der Waals surface area contributed by atoms with Crippen LogP contribution in [0.25, 0.3) is 23.2 Å². The number of aromatic nitrogens is 3. The van der Waals surface area contributed by atoms with Crippen molar-refractivity contribution in [3.8, 4) is 23.2 Å². The second-order valence-corrected chi connectivity index (χ2v) is 7.09. The molecule has 0 N–H and O–H groups in total. The first-order valence-electron chi connectivity index (χ1n) is 8.75. The van der Waals surface area contributed by atoms with Gasteiger partial charge in [0.1, 0.15) is 29.7 Å². The molecule has 0 aliphatic heterocycles. The Morgan fingerprint density at radius 3 is 1.69 bits per heavy atom. The van der Waals surface area contributed by atoms with E-state index in [2.05, 4.69) is 15.0 Å². The molecule has 0 aliphatic carbocycles. The van der Waals surface area contributed by atoms with Gasteiger partial charge in [0, 0.05) is 6.42 Å². The summed E-state index contributed by atoms with van der Waals surface area (Å²) in [6, 6.07) is 3.65. The standard InChI is InChI=1S/C20H23N3O3/c1-11(2)17-9-25-19(22-17)15-7-14(6-13(5)24)8-16(21-15)20-23-18(10-26-20)12(3)4/h7-12H,6H2,1-5H3. The van der Waals surface area contributed by atoms with Crippen LogP contribution in [-0.4, -0.2) is 20.7 Å². The molecule has 0 saturated carbocycles. The third kappa shape index (κ3) is 3.90. The van der Waals surface area contributed by atoms with E-state index < -0.39 is 0 Å². The van der Waals surface area contributed by atoms with Crippen LogP contribution in [0.1, 0.15) is 63.4 Å². The molecule has 6 nitrogen and oxygen atoms in total. The molecule has 26 heavy (non-hydrogen) atoms. The van der Waals surface area contributed by atoms with Crippen LogP contribution in [0.5, 0.6) is 0 Å². The Hall–Kier alpha value is -2.76. The van der Waals surface area contributed by atoms with Gasteiger partial charge in [0.05, 0.1) is 11.4 Å². The number of hydrogen-bond acceptors (Lipinski definition) is 6. The summed E-state index contributed by atoms with van der Waals surface area (Å²) < 4.78 is 11.2. The van der Waals surface area contributed by atoms with E-state index in [-0.39, 0.29) is 17.6 Å². The van der Waals surface area contributed by atoms with Gasteiger partial charge in [-0.25, -0.2) is 15.0 Å². The summed E-state index contributed by atoms with van der Waals surface area (Å²) in [5, 5.41) is 0. The summed E-state index contributed by atoms with van der Waals surface area (Å²) >= 11 is 0. The summed E-state index contributed by atoms with van der Waals surface area (Å²) in [6.45, 7) is 9.75. The van der Waals surface area contributed by atoms with E-state index in [9.17, 15) is 4.79 Å². The minimum absolute atomic E-state index is 0.0682. The molecule has 0 unspecified atom stereocenters. The lowest BCUT2D eigenvalue weighted by molar-refractivity contribution is -0.116. The second kappa shape index (κ2) is 7.23. The predicted molar refractivity (Wildman–Crippen MR) is 97.8 cm³/mol. The number of carbonyl (C=O) groups excluding carboxylic acids is 1. The van der Waals surface area contributed by atoms with Crippen molar-refractivity contribution in [2.75, 3.05) is 0 Å². The first-order valence-corrected chi connectivity index (χ1v) is 8.75. The Balaban J connectivity index is 2.06. The van der Waals surface area contributed by atoms with Crippen LogP contribution < -0.4 is 0 Å². The minimum atomic E-state index is 0.0682. The molecular weight excluding hydrogens is 330 g/mol. The van der Waals surface area contributed by atoms with Crippen LogP contribution >= 0.6 is 0 Å². The molecule has 6 heteroatoms. The number of pyridine rings is 1. The molecule has 0 saturated heterocycles. The molecule has 0 amide bonds. The fourth-order valence-electron chi connectivity index (χ4n) is 2.53. The molecule has 3 aromatic rings. The highest BCUT2D eigenvalue weighted by Crippen LogP contribution is 2.27. The van der Waals surface area contributed by atoms with Crippen LogP contribution in [0.4, 0.5) is 0 Å². The van der Waals surface area contributed by atoms with E-state index >= 15 is 0 Å². The van der Waals surface area contributed by atoms with E-state index in [1.165, 1.54) is 0 Å². The van der Waals surface area contributed by atoms with Gasteiger partial charge in [-0.3, -0.25) is 4.79 Å². The van der Waals surface area contributed by atoms with Gasteiger partial charge in [-0.1, -0.05) is 27.7 Å². The molecule has 3 heterocycles. The third-order valence-electron chi connectivity index (χ3n) is 4.00. The molecule has 0 bridgehead atoms. The molecule has 0 aliphatic rings. The topological polar surface area (TPSA) is 82.0 Å². The van der Waals surface area contributed by atoms with E-state index in [4.69, 9.17) is 8.83 Å². The number of oxazole rings is 2. The van der Waals surface area contributed by atoms with Gasteiger partial charge in [-0.2, -0.15) is 0 Å². The van der Waals surface area contributed by atoms with Crippen LogP contribution in [0.15, 0.2) is 33.5 Å². The molecule has 0 spiro atoms. The van der Waals surface area contributed by atoms with E-state index in [0.29, 0.717) is 29.6 Å². The van der Waals surface area contributed by atoms with Crippen LogP contribution in [-0.2, 0) is 11.2 Å². The fraction of sp³-hybridized carbons (Fsp3) is 0.400. The zero-order valence-corrected chi connectivity index (χ0v) is 15.7. The Morgan fingerprint density at radius 2 is 1.35 bits per heavy atom. The lowest BCUT2D eigenvalue weighted by Crippen LogP contribution is -2.00. The van der Waals surface area contributed by atoms with Crippen molar-refractivity contribution in [2.24, 2.45) is 0 Å². The highest BCUT2D eigenvalue weighted by Gasteiger charge is 2.17. The molecule has 0 aromatic carbocycles. The Morgan fingerprint density at radius 1 is 0.885 bits per heavy atom. The van der Waals surface area contributed by atoms with Crippen molar-refractivity contribution in [2.45, 2.75) is 52.9 Å². The number of rotatable bonds is 6. The smallest absolute Gasteiger partial charge is 0.245 e. The molecule has 3 aromatic heterocycles. The lowest BCUT2D eigenvalue weighted by Gasteiger charge is -2.04. The summed E-state index contributed by atoms with van der Waals surface area (Å²) in [4.78, 5) is 25.2. The first kappa shape index (κ1) is 18.0. The minimum Gasteiger partial charge on any atom is -0.443 e. The van der Waals surface area contributed by atoms with Crippen LogP contribution in [0.2, 0.25) is 0 Å². The summed E-state index contributed by atoms with van der Waals surface area (Å²) in [5.41, 5.74) is 3.67. The van der Waals surface area contributed by atoms with Gasteiger partial charge in [-0.15, -0.1) is 0 Å². The highest BCUT2D eigenvalue weighted by molar-refractivity contribution is 5.79. The van der Waals surface area contributed by atoms with Gasteiger partial charge >= 0.3 is 0 Å². The van der Waals surface area contributed by atoms with E-state index in [1.807, 2.05) is 39.8 Å². The molecule has 0 fully saturated rings. The second-order valence-electron chi connectivity index (χ2n) is 7.09. The highest BCUT2D eigenvalue weighted by atomic mass is 16.3. The Bertz CT molecular complexity index is 858. The molecule has 0 atom stereocenters. The predicted octanol–water partition coefficient (Wildman–Crippen LogP) is 4.77. The van der Waals surface area contributed by atoms with E-state index in [0.717, 1.165) is 17.0 Å². The number of Topliss-reactive ketones (excluding diaryl/α,β-unsaturated/α-hetero) is 1. The Labute approximate surface area is 152 Å². The van der Waals surface area contributed by atoms with Gasteiger partial charge in [0.15, 0.2) is 0 Å². The maximum Gasteiger partial charge on any atom is 0.245 e. The molecule has 136 valence electrons. The average molecular weight is 353 g/mol. The SMILES string of the molecule is CC(=O)Cc1cc(-c2nc(C(C)C)co2)nc(-c2nc(C(C)C)co2)c1. The third-order valence-corrected chi connectivity index (χ3v) is 4.00. The van der Waals surface area contributed by atoms with Crippen LogP contribution in [0, 0.1) is 0 Å². The number of ketones is 1. The van der Waals surface area contributed by atoms with Gasteiger partial charge < -0.3 is 8.83 Å². The quantitative estimate of drug-likeness (QED) is 0.635. The Kier molecular flexibility index (Phi) is 5.02. The van der Waals surface area contributed by atoms with E-state index in [1.54, 1.807) is 19.5 Å². The summed E-state index contributed by atoms with van der Waals surface area (Å²) in [7, 11) is 0. The van der Waals surface area contributed by atoms with Crippen molar-refractivity contribution < 1.29 is 13.6 Å². The number of nitrogens with zero attached hydrogens (tertiary/aromatic N) is 3. The van der Waals surface area contributed by atoms with Crippen LogP contribution in [0.3, 0.4) is 0 Å². The lowest BCUT2D eigenvalue weighted by atomic mass is 10.1. The van der Waals surface area contributed by atoms with Crippen molar-refractivity contribution >= 4 is 5.78 Å². The zero-order chi connectivity index (χ0) is 18.8. The maximum atomic E-state index is 11.6. The maximum absolute atomic E-state index is 11.6. The largest absolute Gasteiger partial charge is 0.443 e. The van der Waals surface area contributed by atoms with Gasteiger partial charge in [-0.05, 0) is 36.5 Å². The zero-order valence-electron chi connectivity index (χ0n) is 15.7. The van der Waals surface area contributed by atoms with Gasteiger partial charge in [0.2, 0.25) is 11.8 Å². The average Bonchev–Trinajstić information content (AvgIpc) is 3.24. The summed E-state index contributed by atoms with van der Waals surface area (Å²) in [6.07, 6.45) is 3.58. The normalized spacial score (nSPS) is 11.5. The molecule has 3 rings (SSSR count).